The molecule has 0 unspecified atom stereocenters. The quantitative estimate of drug-likeness (QED) is 0.378. The van der Waals surface area contributed by atoms with Crippen LogP contribution in [0.15, 0.2) is 52.8 Å². The number of rotatable bonds is 7. The molecule has 0 fully saturated rings. The van der Waals surface area contributed by atoms with Gasteiger partial charge >= 0.3 is 5.97 Å². The fourth-order valence-corrected chi connectivity index (χ4v) is 1.95. The molecule has 1 heterocycles. The van der Waals surface area contributed by atoms with Crippen molar-refractivity contribution in [3.8, 4) is 0 Å². The van der Waals surface area contributed by atoms with Crippen molar-refractivity contribution >= 4 is 29.5 Å². The minimum absolute atomic E-state index is 0.0521. The lowest BCUT2D eigenvalue weighted by Crippen LogP contribution is -2.42. The fourth-order valence-electron chi connectivity index (χ4n) is 1.95. The summed E-state index contributed by atoms with van der Waals surface area (Å²) in [5, 5.41) is 24.2. The van der Waals surface area contributed by atoms with Gasteiger partial charge in [-0.3, -0.25) is 24.5 Å². The Morgan fingerprint density at radius 1 is 1.22 bits per heavy atom. The third-order valence-electron chi connectivity index (χ3n) is 3.37. The van der Waals surface area contributed by atoms with Crippen molar-refractivity contribution < 1.29 is 28.8 Å². The molecule has 10 nitrogen and oxygen atoms in total. The SMILES string of the molecule is C[C@@H](NC(=O)/C(=C\c1ccc([N+](=O)[O-])cc1)NC(=O)c1ccco1)C(=O)O. The molecule has 2 rings (SSSR count). The molecular formula is C17H15N3O7. The van der Waals surface area contributed by atoms with Crippen LogP contribution in [-0.2, 0) is 9.59 Å². The first kappa shape index (κ1) is 19.4. The van der Waals surface area contributed by atoms with Gasteiger partial charge in [0.15, 0.2) is 5.76 Å². The normalized spacial score (nSPS) is 12.1. The van der Waals surface area contributed by atoms with E-state index in [0.717, 1.165) is 0 Å². The number of nitro groups is 1. The van der Waals surface area contributed by atoms with Crippen molar-refractivity contribution in [1.29, 1.82) is 0 Å². The Morgan fingerprint density at radius 2 is 1.89 bits per heavy atom. The summed E-state index contributed by atoms with van der Waals surface area (Å²) in [6.07, 6.45) is 2.54. The average molecular weight is 373 g/mol. The van der Waals surface area contributed by atoms with Crippen LogP contribution in [0, 0.1) is 10.1 Å². The van der Waals surface area contributed by atoms with E-state index in [4.69, 9.17) is 9.52 Å². The van der Waals surface area contributed by atoms with Crippen LogP contribution in [0.1, 0.15) is 23.0 Å². The zero-order valence-electron chi connectivity index (χ0n) is 14.0. The number of nitro benzene ring substituents is 1. The minimum Gasteiger partial charge on any atom is -0.480 e. The van der Waals surface area contributed by atoms with E-state index in [-0.39, 0.29) is 17.1 Å². The summed E-state index contributed by atoms with van der Waals surface area (Å²) in [4.78, 5) is 45.5. The van der Waals surface area contributed by atoms with E-state index < -0.39 is 28.7 Å². The average Bonchev–Trinajstić information content (AvgIpc) is 3.16. The van der Waals surface area contributed by atoms with E-state index >= 15 is 0 Å². The molecule has 10 heteroatoms. The molecular weight excluding hydrogens is 358 g/mol. The monoisotopic (exact) mass is 373 g/mol. The number of non-ortho nitro benzene ring substituents is 1. The Labute approximate surface area is 152 Å². The minimum atomic E-state index is -1.25. The molecule has 1 aromatic heterocycles. The molecule has 2 aromatic rings. The van der Waals surface area contributed by atoms with Crippen molar-refractivity contribution in [1.82, 2.24) is 10.6 Å². The number of furan rings is 1. The number of hydrogen-bond acceptors (Lipinski definition) is 6. The highest BCUT2D eigenvalue weighted by atomic mass is 16.6. The van der Waals surface area contributed by atoms with Gasteiger partial charge < -0.3 is 20.2 Å². The summed E-state index contributed by atoms with van der Waals surface area (Å²) in [5.41, 5.74) is -0.0101. The van der Waals surface area contributed by atoms with E-state index in [0.29, 0.717) is 5.56 Å². The van der Waals surface area contributed by atoms with Crippen molar-refractivity contribution in [3.63, 3.8) is 0 Å². The van der Waals surface area contributed by atoms with Gasteiger partial charge in [-0.25, -0.2) is 0 Å². The predicted octanol–water partition coefficient (Wildman–Crippen LogP) is 1.55. The van der Waals surface area contributed by atoms with Gasteiger partial charge in [-0.05, 0) is 42.8 Å². The van der Waals surface area contributed by atoms with Crippen molar-refractivity contribution in [3.05, 3.63) is 69.8 Å². The van der Waals surface area contributed by atoms with E-state index in [1.54, 1.807) is 0 Å². The Hall–Kier alpha value is -3.95. The van der Waals surface area contributed by atoms with E-state index in [1.165, 1.54) is 55.7 Å². The highest BCUT2D eigenvalue weighted by Gasteiger charge is 2.20. The zero-order valence-corrected chi connectivity index (χ0v) is 14.0. The number of nitrogens with one attached hydrogen (secondary N) is 2. The molecule has 1 aromatic carbocycles. The Bertz CT molecular complexity index is 886. The highest BCUT2D eigenvalue weighted by molar-refractivity contribution is 6.05. The van der Waals surface area contributed by atoms with Crippen LogP contribution in [-0.4, -0.2) is 33.9 Å². The maximum absolute atomic E-state index is 12.3. The molecule has 0 aliphatic rings. The first-order valence-electron chi connectivity index (χ1n) is 7.62. The van der Waals surface area contributed by atoms with Gasteiger partial charge in [0.05, 0.1) is 11.2 Å². The maximum atomic E-state index is 12.3. The summed E-state index contributed by atoms with van der Waals surface area (Å²) in [6.45, 7) is 1.26. The van der Waals surface area contributed by atoms with E-state index in [9.17, 15) is 24.5 Å². The van der Waals surface area contributed by atoms with Gasteiger partial charge in [0.1, 0.15) is 11.7 Å². The molecule has 0 saturated heterocycles. The van der Waals surface area contributed by atoms with Gasteiger partial charge in [0, 0.05) is 12.1 Å². The van der Waals surface area contributed by atoms with E-state index in [2.05, 4.69) is 10.6 Å². The number of carboxylic acids is 1. The second-order valence-electron chi connectivity index (χ2n) is 5.37. The van der Waals surface area contributed by atoms with Gasteiger partial charge in [-0.15, -0.1) is 0 Å². The van der Waals surface area contributed by atoms with Crippen LogP contribution >= 0.6 is 0 Å². The molecule has 1 atom stereocenters. The molecule has 140 valence electrons. The molecule has 0 saturated carbocycles. The number of amides is 2. The van der Waals surface area contributed by atoms with Crippen LogP contribution in [0.2, 0.25) is 0 Å². The molecule has 2 amide bonds. The summed E-state index contributed by atoms with van der Waals surface area (Å²) < 4.78 is 4.95. The van der Waals surface area contributed by atoms with Crippen molar-refractivity contribution in [2.75, 3.05) is 0 Å². The number of carboxylic acid groups (broad SMARTS) is 1. The number of nitrogens with zero attached hydrogens (tertiary/aromatic N) is 1. The molecule has 0 aliphatic carbocycles. The first-order valence-corrected chi connectivity index (χ1v) is 7.62. The lowest BCUT2D eigenvalue weighted by Gasteiger charge is -2.13. The summed E-state index contributed by atoms with van der Waals surface area (Å²) in [5.74, 6) is -2.87. The highest BCUT2D eigenvalue weighted by Crippen LogP contribution is 2.14. The second-order valence-corrected chi connectivity index (χ2v) is 5.37. The zero-order chi connectivity index (χ0) is 20.0. The Balaban J connectivity index is 2.29. The van der Waals surface area contributed by atoms with Gasteiger partial charge in [-0.2, -0.15) is 0 Å². The maximum Gasteiger partial charge on any atom is 0.325 e. The third-order valence-corrected chi connectivity index (χ3v) is 3.37. The molecule has 3 N–H and O–H groups in total. The number of carbonyl (C=O) groups excluding carboxylic acids is 2. The third kappa shape index (κ3) is 5.26. The van der Waals surface area contributed by atoms with Gasteiger partial charge in [-0.1, -0.05) is 0 Å². The largest absolute Gasteiger partial charge is 0.480 e. The fraction of sp³-hybridized carbons (Fsp3) is 0.118. The number of carbonyl (C=O) groups is 3. The molecule has 27 heavy (non-hydrogen) atoms. The number of hydrogen-bond donors (Lipinski definition) is 3. The predicted molar refractivity (Wildman–Crippen MR) is 92.5 cm³/mol. The van der Waals surface area contributed by atoms with Crippen LogP contribution < -0.4 is 10.6 Å². The smallest absolute Gasteiger partial charge is 0.325 e. The van der Waals surface area contributed by atoms with Gasteiger partial charge in [0.25, 0.3) is 17.5 Å². The van der Waals surface area contributed by atoms with Crippen LogP contribution in [0.3, 0.4) is 0 Å². The molecule has 0 radical (unpaired) electrons. The van der Waals surface area contributed by atoms with Crippen molar-refractivity contribution in [2.24, 2.45) is 0 Å². The molecule has 0 aliphatic heterocycles. The van der Waals surface area contributed by atoms with Gasteiger partial charge in [0.2, 0.25) is 0 Å². The number of benzene rings is 1. The lowest BCUT2D eigenvalue weighted by molar-refractivity contribution is -0.384. The van der Waals surface area contributed by atoms with Crippen LogP contribution in [0.4, 0.5) is 5.69 Å². The standard InChI is InChI=1S/C17H15N3O7/c1-10(17(23)24)18-15(21)13(19-16(22)14-3-2-8-27-14)9-11-4-6-12(7-5-11)20(25)26/h2-10H,1H3,(H,18,21)(H,19,22)(H,23,24)/b13-9+/t10-/m1/s1. The lowest BCUT2D eigenvalue weighted by atomic mass is 10.1. The van der Waals surface area contributed by atoms with Crippen LogP contribution in [0.5, 0.6) is 0 Å². The van der Waals surface area contributed by atoms with E-state index in [1.807, 2.05) is 0 Å². The first-order chi connectivity index (χ1) is 12.8. The van der Waals surface area contributed by atoms with Crippen molar-refractivity contribution in [2.45, 2.75) is 13.0 Å². The van der Waals surface area contributed by atoms with Crippen LogP contribution in [0.25, 0.3) is 6.08 Å². The summed E-state index contributed by atoms with van der Waals surface area (Å²) in [7, 11) is 0. The summed E-state index contributed by atoms with van der Waals surface area (Å²) >= 11 is 0. The molecule has 0 spiro atoms. The Kier molecular flexibility index (Phi) is 6.05. The second kappa shape index (κ2) is 8.43. The molecule has 0 bridgehead atoms. The topological polar surface area (TPSA) is 152 Å². The summed E-state index contributed by atoms with van der Waals surface area (Å²) in [6, 6.07) is 6.90. The Morgan fingerprint density at radius 3 is 2.41 bits per heavy atom. The number of aliphatic carboxylic acids is 1.